The molecule has 7 nitrogen and oxygen atoms in total. The van der Waals surface area contributed by atoms with Gasteiger partial charge in [0, 0.05) is 18.5 Å². The van der Waals surface area contributed by atoms with Crippen molar-refractivity contribution in [1.82, 2.24) is 19.6 Å². The number of hydrazine groups is 1. The highest BCUT2D eigenvalue weighted by atomic mass is 32.1. The number of anilines is 1. The minimum absolute atomic E-state index is 0.0101. The molecule has 0 saturated carbocycles. The van der Waals surface area contributed by atoms with E-state index in [1.807, 2.05) is 32.0 Å². The van der Waals surface area contributed by atoms with Crippen LogP contribution in [0.4, 0.5) is 9.93 Å². The van der Waals surface area contributed by atoms with Gasteiger partial charge in [0.25, 0.3) is 0 Å². The normalized spacial score (nSPS) is 16.2. The van der Waals surface area contributed by atoms with Crippen molar-refractivity contribution < 1.29 is 9.53 Å². The lowest BCUT2D eigenvalue weighted by molar-refractivity contribution is 0.0273. The number of carbonyl (C=O) groups excluding carboxylic acids is 1. The smallest absolute Gasteiger partial charge is 0.429 e. The molecule has 1 saturated heterocycles. The molecule has 8 heteroatoms. The van der Waals surface area contributed by atoms with Crippen molar-refractivity contribution >= 4 is 27.5 Å². The van der Waals surface area contributed by atoms with Crippen LogP contribution in [-0.4, -0.2) is 44.4 Å². The molecule has 1 aliphatic rings. The van der Waals surface area contributed by atoms with E-state index in [4.69, 9.17) is 4.74 Å². The summed E-state index contributed by atoms with van der Waals surface area (Å²) in [5, 5.41) is 8.90. The van der Waals surface area contributed by atoms with Crippen LogP contribution in [0, 0.1) is 0 Å². The lowest BCUT2D eigenvalue weighted by atomic mass is 9.93. The largest absolute Gasteiger partial charge is 0.442 e. The second-order valence-corrected chi connectivity index (χ2v) is 9.00. The van der Waals surface area contributed by atoms with Gasteiger partial charge in [-0.1, -0.05) is 32.1 Å². The van der Waals surface area contributed by atoms with Crippen LogP contribution in [0.5, 0.6) is 0 Å². The number of nitrogens with zero attached hydrogens (tertiary/aromatic N) is 5. The van der Waals surface area contributed by atoms with E-state index in [2.05, 4.69) is 30.9 Å². The van der Waals surface area contributed by atoms with Gasteiger partial charge in [0.15, 0.2) is 0 Å². The van der Waals surface area contributed by atoms with Crippen LogP contribution >= 0.6 is 11.3 Å². The van der Waals surface area contributed by atoms with Crippen LogP contribution in [0.15, 0.2) is 6.20 Å². The highest BCUT2D eigenvalue weighted by molar-refractivity contribution is 7.20. The third-order valence-electron chi connectivity index (χ3n) is 3.66. The predicted octanol–water partition coefficient (Wildman–Crippen LogP) is 3.45. The Morgan fingerprint density at radius 3 is 2.50 bits per heavy atom. The molecule has 0 atom stereocenters. The molecule has 3 rings (SSSR count). The summed E-state index contributed by atoms with van der Waals surface area (Å²) in [6.07, 6.45) is 2.53. The Morgan fingerprint density at radius 1 is 1.21 bits per heavy atom. The van der Waals surface area contributed by atoms with Crippen molar-refractivity contribution in [2.24, 2.45) is 0 Å². The molecule has 1 amide bonds. The molecule has 2 aromatic rings. The van der Waals surface area contributed by atoms with E-state index in [0.29, 0.717) is 6.54 Å². The molecule has 132 valence electrons. The topological polar surface area (TPSA) is 63.0 Å². The fourth-order valence-electron chi connectivity index (χ4n) is 2.47. The highest BCUT2D eigenvalue weighted by Crippen LogP contribution is 2.30. The van der Waals surface area contributed by atoms with Crippen LogP contribution in [0.3, 0.4) is 0 Å². The maximum atomic E-state index is 12.4. The van der Waals surface area contributed by atoms with Crippen molar-refractivity contribution in [3.05, 3.63) is 11.9 Å². The number of carbonyl (C=O) groups is 1. The summed E-state index contributed by atoms with van der Waals surface area (Å²) in [7, 11) is 0. The van der Waals surface area contributed by atoms with Crippen molar-refractivity contribution in [2.45, 2.75) is 59.0 Å². The monoisotopic (exact) mass is 351 g/mol. The summed E-state index contributed by atoms with van der Waals surface area (Å²) >= 11 is 1.49. The summed E-state index contributed by atoms with van der Waals surface area (Å²) in [6, 6.07) is 0. The Morgan fingerprint density at radius 2 is 1.92 bits per heavy atom. The van der Waals surface area contributed by atoms with Crippen LogP contribution in [0.2, 0.25) is 0 Å². The number of amides is 1. The molecule has 0 spiro atoms. The zero-order valence-corrected chi connectivity index (χ0v) is 16.0. The third-order valence-corrected chi connectivity index (χ3v) is 4.59. The second kappa shape index (κ2) is 5.61. The summed E-state index contributed by atoms with van der Waals surface area (Å²) in [6.45, 7) is 13.4. The van der Waals surface area contributed by atoms with Gasteiger partial charge in [-0.15, -0.1) is 5.10 Å². The number of aromatic nitrogens is 3. The van der Waals surface area contributed by atoms with Crippen molar-refractivity contribution in [3.8, 4) is 0 Å². The quantitative estimate of drug-likeness (QED) is 0.787. The number of ether oxygens (including phenoxy) is 1. The minimum atomic E-state index is -0.510. The van der Waals surface area contributed by atoms with E-state index in [0.717, 1.165) is 28.8 Å². The second-order valence-electron chi connectivity index (χ2n) is 8.07. The van der Waals surface area contributed by atoms with Crippen molar-refractivity contribution in [2.75, 3.05) is 18.1 Å². The van der Waals surface area contributed by atoms with Crippen LogP contribution in [0.25, 0.3) is 4.96 Å². The molecule has 0 bridgehead atoms. The molecule has 1 fully saturated rings. The SMILES string of the molecule is CC(C)(C)OC(=O)N1CCCN1c1nn2cc(C(C)(C)C)nc2s1. The van der Waals surface area contributed by atoms with Gasteiger partial charge >= 0.3 is 6.09 Å². The number of imidazole rings is 1. The lowest BCUT2D eigenvalue weighted by Crippen LogP contribution is -2.44. The van der Waals surface area contributed by atoms with Gasteiger partial charge in [-0.05, 0) is 27.2 Å². The van der Waals surface area contributed by atoms with Gasteiger partial charge in [-0.2, -0.15) is 0 Å². The summed E-state index contributed by atoms with van der Waals surface area (Å²) in [5.74, 6) is 0. The highest BCUT2D eigenvalue weighted by Gasteiger charge is 2.33. The van der Waals surface area contributed by atoms with Crippen LogP contribution < -0.4 is 5.01 Å². The summed E-state index contributed by atoms with van der Waals surface area (Å²) < 4.78 is 7.29. The van der Waals surface area contributed by atoms with Gasteiger partial charge < -0.3 is 4.74 Å². The molecule has 3 heterocycles. The molecule has 1 aliphatic heterocycles. The van der Waals surface area contributed by atoms with Gasteiger partial charge in [0.2, 0.25) is 10.1 Å². The van der Waals surface area contributed by atoms with Gasteiger partial charge in [-0.3, -0.25) is 5.01 Å². The third kappa shape index (κ3) is 3.33. The van der Waals surface area contributed by atoms with E-state index < -0.39 is 5.60 Å². The lowest BCUT2D eigenvalue weighted by Gasteiger charge is -2.29. The summed E-state index contributed by atoms with van der Waals surface area (Å²) in [5.41, 5.74) is 0.493. The first kappa shape index (κ1) is 17.0. The Labute approximate surface area is 146 Å². The van der Waals surface area contributed by atoms with Crippen LogP contribution in [-0.2, 0) is 10.2 Å². The number of rotatable bonds is 1. The number of hydrogen-bond acceptors (Lipinski definition) is 6. The van der Waals surface area contributed by atoms with Gasteiger partial charge in [0.05, 0.1) is 11.9 Å². The van der Waals surface area contributed by atoms with Gasteiger partial charge in [-0.25, -0.2) is 19.3 Å². The summed E-state index contributed by atoms with van der Waals surface area (Å²) in [4.78, 5) is 17.9. The molecule has 0 radical (unpaired) electrons. The zero-order chi connectivity index (χ0) is 17.7. The van der Waals surface area contributed by atoms with Crippen molar-refractivity contribution in [3.63, 3.8) is 0 Å². The molecular formula is C16H25N5O2S. The van der Waals surface area contributed by atoms with E-state index in [1.54, 1.807) is 9.52 Å². The molecule has 0 aromatic carbocycles. The maximum Gasteiger partial charge on any atom is 0.429 e. The molecular weight excluding hydrogens is 326 g/mol. The Kier molecular flexibility index (Phi) is 3.98. The Balaban J connectivity index is 1.83. The molecule has 0 unspecified atom stereocenters. The Bertz CT molecular complexity index is 721. The van der Waals surface area contributed by atoms with E-state index in [1.165, 1.54) is 11.3 Å². The molecule has 0 N–H and O–H groups in total. The van der Waals surface area contributed by atoms with E-state index >= 15 is 0 Å². The fourth-order valence-corrected chi connectivity index (χ4v) is 3.39. The average Bonchev–Trinajstić information content (AvgIpc) is 3.08. The van der Waals surface area contributed by atoms with Crippen molar-refractivity contribution in [1.29, 1.82) is 0 Å². The van der Waals surface area contributed by atoms with E-state index in [-0.39, 0.29) is 11.5 Å². The number of hydrogen-bond donors (Lipinski definition) is 0. The molecule has 2 aromatic heterocycles. The molecule has 0 aliphatic carbocycles. The minimum Gasteiger partial charge on any atom is -0.442 e. The Hall–Kier alpha value is -1.83. The van der Waals surface area contributed by atoms with Gasteiger partial charge in [0.1, 0.15) is 5.60 Å². The predicted molar refractivity (Wildman–Crippen MR) is 94.5 cm³/mol. The average molecular weight is 351 g/mol. The number of fused-ring (bicyclic) bond motifs is 1. The fraction of sp³-hybridized carbons (Fsp3) is 0.688. The molecule has 24 heavy (non-hydrogen) atoms. The van der Waals surface area contributed by atoms with Crippen LogP contribution in [0.1, 0.15) is 53.7 Å². The first-order valence-corrected chi connectivity index (χ1v) is 9.01. The maximum absolute atomic E-state index is 12.4. The standard InChI is InChI=1S/C16H25N5O2S/c1-15(2,3)11-10-19-12(17-11)24-13(18-19)20-8-7-9-21(20)14(22)23-16(4,5)6/h10H,7-9H2,1-6H3. The first-order valence-electron chi connectivity index (χ1n) is 8.19. The van der Waals surface area contributed by atoms with E-state index in [9.17, 15) is 4.79 Å². The zero-order valence-electron chi connectivity index (χ0n) is 15.2. The first-order chi connectivity index (χ1) is 11.0.